The van der Waals surface area contributed by atoms with Gasteiger partial charge in [-0.1, -0.05) is 0 Å². The second-order valence-corrected chi connectivity index (χ2v) is 4.94. The van der Waals surface area contributed by atoms with Crippen molar-refractivity contribution in [3.63, 3.8) is 0 Å². The van der Waals surface area contributed by atoms with E-state index in [0.717, 1.165) is 0 Å². The van der Waals surface area contributed by atoms with Crippen molar-refractivity contribution in [3.05, 3.63) is 27.9 Å². The van der Waals surface area contributed by atoms with Gasteiger partial charge in [0.25, 0.3) is 0 Å². The molecule has 8 heteroatoms. The first-order valence-corrected chi connectivity index (χ1v) is 5.91. The van der Waals surface area contributed by atoms with Gasteiger partial charge in [-0.15, -0.1) is 0 Å². The van der Waals surface area contributed by atoms with Crippen molar-refractivity contribution in [2.24, 2.45) is 5.41 Å². The highest BCUT2D eigenvalue weighted by Crippen LogP contribution is 2.33. The summed E-state index contributed by atoms with van der Waals surface area (Å²) in [7, 11) is 0. The van der Waals surface area contributed by atoms with Crippen LogP contribution in [0.3, 0.4) is 0 Å². The second kappa shape index (κ2) is 4.77. The highest BCUT2D eigenvalue weighted by Gasteiger charge is 2.41. The van der Waals surface area contributed by atoms with Crippen LogP contribution in [-0.2, 0) is 4.79 Å². The molecular formula is C12H12N4O4. The molecule has 0 saturated carbocycles. The predicted octanol–water partition coefficient (Wildman–Crippen LogP) is 1.16. The lowest BCUT2D eigenvalue weighted by atomic mass is 9.90. The Hall–Kier alpha value is -2.69. The summed E-state index contributed by atoms with van der Waals surface area (Å²) >= 11 is 0. The molecule has 1 saturated heterocycles. The highest BCUT2D eigenvalue weighted by molar-refractivity contribution is 5.76. The van der Waals surface area contributed by atoms with E-state index < -0.39 is 16.3 Å². The van der Waals surface area contributed by atoms with E-state index in [2.05, 4.69) is 4.98 Å². The minimum absolute atomic E-state index is 0.262. The first-order valence-electron chi connectivity index (χ1n) is 5.91. The molecule has 1 atom stereocenters. The van der Waals surface area contributed by atoms with Crippen LogP contribution in [0.1, 0.15) is 19.0 Å². The molecule has 1 N–H and O–H groups in total. The van der Waals surface area contributed by atoms with E-state index in [-0.39, 0.29) is 17.9 Å². The van der Waals surface area contributed by atoms with Gasteiger partial charge in [0, 0.05) is 19.2 Å². The van der Waals surface area contributed by atoms with Gasteiger partial charge in [0.2, 0.25) is 5.69 Å². The van der Waals surface area contributed by atoms with E-state index in [1.54, 1.807) is 17.9 Å². The van der Waals surface area contributed by atoms with Gasteiger partial charge >= 0.3 is 11.7 Å². The van der Waals surface area contributed by atoms with Crippen LogP contribution < -0.4 is 4.90 Å². The number of anilines is 1. The van der Waals surface area contributed by atoms with Crippen molar-refractivity contribution >= 4 is 17.5 Å². The van der Waals surface area contributed by atoms with Crippen LogP contribution in [0.15, 0.2) is 12.1 Å². The molecule has 1 unspecified atom stereocenters. The first kappa shape index (κ1) is 13.7. The zero-order valence-electron chi connectivity index (χ0n) is 10.7. The van der Waals surface area contributed by atoms with Crippen LogP contribution in [0.2, 0.25) is 0 Å². The van der Waals surface area contributed by atoms with Crippen LogP contribution in [0.5, 0.6) is 0 Å². The molecule has 2 heterocycles. The van der Waals surface area contributed by atoms with Crippen LogP contribution in [0.25, 0.3) is 0 Å². The Labute approximate surface area is 114 Å². The zero-order valence-corrected chi connectivity index (χ0v) is 10.7. The number of nitrogens with zero attached hydrogens (tertiary/aromatic N) is 4. The van der Waals surface area contributed by atoms with Crippen LogP contribution in [0, 0.1) is 26.9 Å². The second-order valence-electron chi connectivity index (χ2n) is 4.94. The molecule has 0 amide bonds. The van der Waals surface area contributed by atoms with E-state index in [1.165, 1.54) is 12.1 Å². The summed E-state index contributed by atoms with van der Waals surface area (Å²) in [5.74, 6) is -0.500. The molecule has 1 aliphatic rings. The molecule has 1 fully saturated rings. The Morgan fingerprint density at radius 3 is 2.85 bits per heavy atom. The molecule has 0 aliphatic carbocycles. The number of carbonyl (C=O) groups is 1. The van der Waals surface area contributed by atoms with E-state index in [0.29, 0.717) is 18.8 Å². The fourth-order valence-electron chi connectivity index (χ4n) is 2.18. The van der Waals surface area contributed by atoms with Gasteiger partial charge in [-0.2, -0.15) is 5.26 Å². The summed E-state index contributed by atoms with van der Waals surface area (Å²) in [5.41, 5.74) is -1.48. The van der Waals surface area contributed by atoms with Crippen LogP contribution >= 0.6 is 0 Å². The van der Waals surface area contributed by atoms with Gasteiger partial charge in [-0.25, -0.2) is 4.98 Å². The molecule has 104 valence electrons. The summed E-state index contributed by atoms with van der Waals surface area (Å²) in [6.45, 7) is 2.39. The van der Waals surface area contributed by atoms with Crippen LogP contribution in [-0.4, -0.2) is 34.1 Å². The van der Waals surface area contributed by atoms with Gasteiger partial charge in [-0.05, 0) is 19.4 Å². The maximum Gasteiger partial charge on any atom is 0.311 e. The number of pyridine rings is 1. The van der Waals surface area contributed by atoms with Crippen molar-refractivity contribution in [1.82, 2.24) is 4.98 Å². The van der Waals surface area contributed by atoms with Crippen molar-refractivity contribution in [2.45, 2.75) is 13.3 Å². The zero-order chi connectivity index (χ0) is 14.9. The number of nitro groups is 1. The molecule has 1 aromatic heterocycles. The lowest BCUT2D eigenvalue weighted by molar-refractivity contribution is -0.385. The molecule has 8 nitrogen and oxygen atoms in total. The topological polar surface area (TPSA) is 120 Å². The number of aliphatic carboxylic acids is 1. The Kier molecular flexibility index (Phi) is 3.28. The number of hydrogen-bond acceptors (Lipinski definition) is 6. The summed E-state index contributed by atoms with van der Waals surface area (Å²) in [6.07, 6.45) is 0.461. The number of hydrogen-bond donors (Lipinski definition) is 1. The molecule has 0 bridgehead atoms. The normalized spacial score (nSPS) is 21.5. The van der Waals surface area contributed by atoms with Gasteiger partial charge in [0.15, 0.2) is 0 Å². The Bertz CT molecular complexity index is 624. The van der Waals surface area contributed by atoms with Gasteiger partial charge in [-0.3, -0.25) is 14.9 Å². The number of nitriles is 1. The third-order valence-corrected chi connectivity index (χ3v) is 3.48. The Balaban J connectivity index is 2.30. The fourth-order valence-corrected chi connectivity index (χ4v) is 2.18. The average molecular weight is 276 g/mol. The number of carboxylic acids is 1. The van der Waals surface area contributed by atoms with Crippen molar-refractivity contribution in [2.75, 3.05) is 18.0 Å². The molecule has 2 rings (SSSR count). The molecule has 0 radical (unpaired) electrons. The third kappa shape index (κ3) is 2.25. The van der Waals surface area contributed by atoms with Crippen LogP contribution in [0.4, 0.5) is 11.5 Å². The first-order chi connectivity index (χ1) is 9.37. The Morgan fingerprint density at radius 1 is 1.65 bits per heavy atom. The lowest BCUT2D eigenvalue weighted by Gasteiger charge is -2.20. The average Bonchev–Trinajstić information content (AvgIpc) is 2.82. The smallest absolute Gasteiger partial charge is 0.311 e. The quantitative estimate of drug-likeness (QED) is 0.649. The van der Waals surface area contributed by atoms with Crippen molar-refractivity contribution in [3.8, 4) is 6.07 Å². The lowest BCUT2D eigenvalue weighted by Crippen LogP contribution is -2.32. The molecular weight excluding hydrogens is 264 g/mol. The number of aromatic nitrogens is 1. The molecule has 1 aliphatic heterocycles. The van der Waals surface area contributed by atoms with Gasteiger partial charge < -0.3 is 10.0 Å². The van der Waals surface area contributed by atoms with Crippen molar-refractivity contribution < 1.29 is 14.8 Å². The molecule has 1 aromatic rings. The predicted molar refractivity (Wildman–Crippen MR) is 68.2 cm³/mol. The van der Waals surface area contributed by atoms with E-state index in [1.807, 2.05) is 0 Å². The highest BCUT2D eigenvalue weighted by atomic mass is 16.6. The van der Waals surface area contributed by atoms with Crippen molar-refractivity contribution in [1.29, 1.82) is 5.26 Å². The maximum atomic E-state index is 11.2. The van der Waals surface area contributed by atoms with Gasteiger partial charge in [0.1, 0.15) is 11.9 Å². The molecule has 0 spiro atoms. The maximum absolute atomic E-state index is 11.2. The van der Waals surface area contributed by atoms with E-state index >= 15 is 0 Å². The summed E-state index contributed by atoms with van der Waals surface area (Å²) < 4.78 is 0. The third-order valence-electron chi connectivity index (χ3n) is 3.48. The monoisotopic (exact) mass is 276 g/mol. The summed E-state index contributed by atoms with van der Waals surface area (Å²) in [5, 5.41) is 28.8. The fraction of sp³-hybridized carbons (Fsp3) is 0.417. The number of rotatable bonds is 3. The van der Waals surface area contributed by atoms with E-state index in [4.69, 9.17) is 10.4 Å². The number of carboxylic acid groups (broad SMARTS) is 1. The van der Waals surface area contributed by atoms with E-state index in [9.17, 15) is 14.9 Å². The largest absolute Gasteiger partial charge is 0.481 e. The minimum atomic E-state index is -0.887. The molecule has 0 aromatic carbocycles. The Morgan fingerprint density at radius 2 is 2.35 bits per heavy atom. The van der Waals surface area contributed by atoms with Gasteiger partial charge in [0.05, 0.1) is 10.3 Å². The molecule has 20 heavy (non-hydrogen) atoms. The SMILES string of the molecule is CC1(C(=O)O)CCN(c2ccc([N+](=O)[O-])c(C#N)n2)C1. The summed E-state index contributed by atoms with van der Waals surface area (Å²) in [6, 6.07) is 4.35. The summed E-state index contributed by atoms with van der Waals surface area (Å²) in [4.78, 5) is 26.9. The standard InChI is InChI=1S/C12H12N4O4/c1-12(11(17)18)4-5-15(7-12)10-3-2-9(16(19)20)8(6-13)14-10/h2-3H,4-5,7H2,1H3,(H,17,18). The minimum Gasteiger partial charge on any atom is -0.481 e.